The van der Waals surface area contributed by atoms with Gasteiger partial charge in [0.15, 0.2) is 0 Å². The molecule has 3 aromatic rings. The molecule has 0 bridgehead atoms. The van der Waals surface area contributed by atoms with Crippen LogP contribution in [0.15, 0.2) is 69.1 Å². The van der Waals surface area contributed by atoms with E-state index < -0.39 is 26.0 Å². The van der Waals surface area contributed by atoms with E-state index >= 15 is 0 Å². The van der Waals surface area contributed by atoms with Gasteiger partial charge in [0.1, 0.15) is 9.96 Å². The summed E-state index contributed by atoms with van der Waals surface area (Å²) < 4.78 is 59.4. The molecule has 0 spiro atoms. The van der Waals surface area contributed by atoms with Crippen LogP contribution in [0.3, 0.4) is 0 Å². The van der Waals surface area contributed by atoms with Gasteiger partial charge in [0.25, 0.3) is 15.9 Å². The van der Waals surface area contributed by atoms with Crippen LogP contribution in [-0.2, 0) is 20.0 Å². The molecule has 1 aromatic heterocycles. The number of hydrogen-bond acceptors (Lipinski definition) is 7. The maximum atomic E-state index is 12.9. The van der Waals surface area contributed by atoms with Gasteiger partial charge in [0, 0.05) is 25.7 Å². The number of hydrogen-bond donors (Lipinski definition) is 1. The maximum Gasteiger partial charge on any atom is 0.273 e. The number of benzene rings is 2. The third-order valence-electron chi connectivity index (χ3n) is 5.72. The fourth-order valence-corrected chi connectivity index (χ4v) is 7.62. The van der Waals surface area contributed by atoms with Gasteiger partial charge < -0.3 is 10.1 Å². The lowest BCUT2D eigenvalue weighted by Crippen LogP contribution is -2.28. The second-order valence-corrected chi connectivity index (χ2v) is 13.0. The average Bonchev–Trinajstić information content (AvgIpc) is 3.59. The molecule has 1 fully saturated rings. The lowest BCUT2D eigenvalue weighted by Gasteiger charge is -2.19. The van der Waals surface area contributed by atoms with E-state index in [1.165, 1.54) is 67.0 Å². The molecule has 1 aliphatic rings. The molecule has 9 nitrogen and oxygen atoms in total. The fraction of sp³-hybridized carbons (Fsp3) is 0.261. The minimum Gasteiger partial charge on any atom is -0.495 e. The van der Waals surface area contributed by atoms with Crippen LogP contribution in [0.25, 0.3) is 0 Å². The largest absolute Gasteiger partial charge is 0.495 e. The SMILES string of the molecule is COc1ccc(S(=O)(=O)N2CCCC2)cc1NC(=O)c1ccc(N(C)S(=O)(=O)c2cccs2)cc1. The van der Waals surface area contributed by atoms with Crippen molar-refractivity contribution in [3.63, 3.8) is 0 Å². The molecule has 0 unspecified atom stereocenters. The zero-order valence-corrected chi connectivity index (χ0v) is 21.6. The van der Waals surface area contributed by atoms with E-state index in [1.807, 2.05) is 0 Å². The zero-order chi connectivity index (χ0) is 25.2. The summed E-state index contributed by atoms with van der Waals surface area (Å²) in [5.74, 6) is -0.175. The molecule has 0 aliphatic carbocycles. The monoisotopic (exact) mass is 535 g/mol. The summed E-state index contributed by atoms with van der Waals surface area (Å²) in [6, 6.07) is 13.6. The molecule has 186 valence electrons. The van der Waals surface area contributed by atoms with Crippen molar-refractivity contribution in [2.45, 2.75) is 21.9 Å². The molecule has 35 heavy (non-hydrogen) atoms. The van der Waals surface area contributed by atoms with E-state index in [2.05, 4.69) is 5.32 Å². The number of carbonyl (C=O) groups is 1. The van der Waals surface area contributed by atoms with Crippen LogP contribution in [-0.4, -0.2) is 54.3 Å². The van der Waals surface area contributed by atoms with Crippen molar-refractivity contribution in [3.05, 3.63) is 65.5 Å². The predicted molar refractivity (Wildman–Crippen MR) is 135 cm³/mol. The minimum atomic E-state index is -3.69. The van der Waals surface area contributed by atoms with Crippen molar-refractivity contribution < 1.29 is 26.4 Å². The summed E-state index contributed by atoms with van der Waals surface area (Å²) in [4.78, 5) is 13.0. The summed E-state index contributed by atoms with van der Waals surface area (Å²) in [5, 5.41) is 4.39. The first kappa shape index (κ1) is 25.2. The highest BCUT2D eigenvalue weighted by atomic mass is 32.2. The Morgan fingerprint density at radius 3 is 2.31 bits per heavy atom. The molecular formula is C23H25N3O6S3. The van der Waals surface area contributed by atoms with E-state index in [9.17, 15) is 21.6 Å². The van der Waals surface area contributed by atoms with Crippen molar-refractivity contribution >= 4 is 48.7 Å². The summed E-state index contributed by atoms with van der Waals surface area (Å²) >= 11 is 1.12. The molecule has 1 saturated heterocycles. The van der Waals surface area contributed by atoms with Crippen LogP contribution in [0.1, 0.15) is 23.2 Å². The number of nitrogens with one attached hydrogen (secondary N) is 1. The Balaban J connectivity index is 1.55. The highest BCUT2D eigenvalue weighted by molar-refractivity contribution is 7.94. The summed E-state index contributed by atoms with van der Waals surface area (Å²) in [7, 11) is -4.49. The van der Waals surface area contributed by atoms with E-state index in [0.717, 1.165) is 28.5 Å². The van der Waals surface area contributed by atoms with Crippen molar-refractivity contribution in [3.8, 4) is 5.75 Å². The van der Waals surface area contributed by atoms with Crippen molar-refractivity contribution in [2.75, 3.05) is 36.9 Å². The lowest BCUT2D eigenvalue weighted by molar-refractivity contribution is 0.102. The Kier molecular flexibility index (Phi) is 7.17. The number of anilines is 2. The van der Waals surface area contributed by atoms with Crippen LogP contribution in [0, 0.1) is 0 Å². The number of amides is 1. The fourth-order valence-electron chi connectivity index (χ4n) is 3.72. The zero-order valence-electron chi connectivity index (χ0n) is 19.2. The van der Waals surface area contributed by atoms with Crippen molar-refractivity contribution in [2.24, 2.45) is 0 Å². The molecule has 4 rings (SSSR count). The van der Waals surface area contributed by atoms with Crippen LogP contribution in [0.5, 0.6) is 5.75 Å². The molecule has 12 heteroatoms. The van der Waals surface area contributed by atoms with E-state index in [1.54, 1.807) is 11.4 Å². The number of thiophene rings is 1. The Labute approximate surface area is 209 Å². The number of nitrogens with zero attached hydrogens (tertiary/aromatic N) is 2. The van der Waals surface area contributed by atoms with E-state index in [0.29, 0.717) is 24.5 Å². The Hall–Kier alpha value is -2.93. The molecule has 1 N–H and O–H groups in total. The Morgan fingerprint density at radius 2 is 1.71 bits per heavy atom. The van der Waals surface area contributed by atoms with Crippen LogP contribution < -0.4 is 14.4 Å². The van der Waals surface area contributed by atoms with E-state index in [4.69, 9.17) is 4.74 Å². The number of ether oxygens (including phenoxy) is 1. The standard InChI is InChI=1S/C23H25N3O6S3/c1-25(35(30,31)22-6-5-15-33-22)18-9-7-17(8-10-18)23(27)24-20-16-19(11-12-21(20)32-2)34(28,29)26-13-3-4-14-26/h5-12,15-16H,3-4,13-14H2,1-2H3,(H,24,27). The van der Waals surface area contributed by atoms with Gasteiger partial charge in [-0.25, -0.2) is 16.8 Å². The summed E-state index contributed by atoms with van der Waals surface area (Å²) in [6.07, 6.45) is 1.64. The topological polar surface area (TPSA) is 113 Å². The molecule has 1 aliphatic heterocycles. The number of carbonyl (C=O) groups excluding carboxylic acids is 1. The molecule has 0 saturated carbocycles. The maximum absolute atomic E-state index is 12.9. The van der Waals surface area contributed by atoms with Crippen LogP contribution in [0.2, 0.25) is 0 Å². The third-order valence-corrected chi connectivity index (χ3v) is 10.8. The van der Waals surface area contributed by atoms with Crippen molar-refractivity contribution in [1.82, 2.24) is 4.31 Å². The molecule has 0 atom stereocenters. The second kappa shape index (κ2) is 9.97. The van der Waals surface area contributed by atoms with Crippen molar-refractivity contribution in [1.29, 1.82) is 0 Å². The third kappa shape index (κ3) is 5.06. The molecular weight excluding hydrogens is 510 g/mol. The Morgan fingerprint density at radius 1 is 1.03 bits per heavy atom. The van der Waals surface area contributed by atoms with Crippen LogP contribution >= 0.6 is 11.3 Å². The Bertz CT molecular complexity index is 1410. The van der Waals surface area contributed by atoms with Gasteiger partial charge in [0.05, 0.1) is 23.4 Å². The first-order valence-corrected chi connectivity index (χ1v) is 14.5. The molecule has 2 heterocycles. The van der Waals surface area contributed by atoms with Gasteiger partial charge in [-0.3, -0.25) is 9.10 Å². The first-order valence-electron chi connectivity index (χ1n) is 10.8. The van der Waals surface area contributed by atoms with Gasteiger partial charge in [-0.15, -0.1) is 11.3 Å². The molecule has 1 amide bonds. The van der Waals surface area contributed by atoms with Gasteiger partial charge in [-0.05, 0) is 66.8 Å². The summed E-state index contributed by atoms with van der Waals surface area (Å²) in [5.41, 5.74) is 0.885. The van der Waals surface area contributed by atoms with Gasteiger partial charge in [-0.1, -0.05) is 6.07 Å². The van der Waals surface area contributed by atoms with Gasteiger partial charge in [0.2, 0.25) is 10.0 Å². The van der Waals surface area contributed by atoms with E-state index in [-0.39, 0.29) is 20.4 Å². The normalized spacial score (nSPS) is 14.6. The minimum absolute atomic E-state index is 0.0752. The highest BCUT2D eigenvalue weighted by Gasteiger charge is 2.28. The average molecular weight is 536 g/mol. The highest BCUT2D eigenvalue weighted by Crippen LogP contribution is 2.31. The predicted octanol–water partition coefficient (Wildman–Crippen LogP) is 3.62. The first-order chi connectivity index (χ1) is 16.6. The molecule has 2 aromatic carbocycles. The van der Waals surface area contributed by atoms with Crippen LogP contribution in [0.4, 0.5) is 11.4 Å². The van der Waals surface area contributed by atoms with Gasteiger partial charge in [-0.2, -0.15) is 4.31 Å². The summed E-state index contributed by atoms with van der Waals surface area (Å²) in [6.45, 7) is 0.943. The second-order valence-electron chi connectivity index (χ2n) is 7.88. The van der Waals surface area contributed by atoms with Gasteiger partial charge >= 0.3 is 0 Å². The number of rotatable bonds is 8. The number of methoxy groups -OCH3 is 1. The quantitative estimate of drug-likeness (QED) is 0.471. The number of sulfonamides is 2. The smallest absolute Gasteiger partial charge is 0.273 e. The molecule has 0 radical (unpaired) electrons. The lowest BCUT2D eigenvalue weighted by atomic mass is 10.2.